The number of nitrogens with two attached hydrogens (primary N) is 1. The summed E-state index contributed by atoms with van der Waals surface area (Å²) in [5, 5.41) is 3.05. The summed E-state index contributed by atoms with van der Waals surface area (Å²) in [6, 6.07) is 5.89. The van der Waals surface area contributed by atoms with Crippen molar-refractivity contribution in [3.63, 3.8) is 0 Å². The van der Waals surface area contributed by atoms with Gasteiger partial charge in [0.05, 0.1) is 12.2 Å². The van der Waals surface area contributed by atoms with Crippen molar-refractivity contribution in [1.29, 1.82) is 0 Å². The second kappa shape index (κ2) is 9.20. The molecule has 114 valence electrons. The van der Waals surface area contributed by atoms with Crippen molar-refractivity contribution >= 4 is 11.6 Å². The van der Waals surface area contributed by atoms with Crippen molar-refractivity contribution in [2.45, 2.75) is 46.5 Å². The SMILES string of the molecule is CCCC(CCC)C(=O)Nc1cc(C)ccc1C#CCN. The normalized spacial score (nSPS) is 10.1. The zero-order valence-corrected chi connectivity index (χ0v) is 13.3. The summed E-state index contributed by atoms with van der Waals surface area (Å²) in [5.41, 5.74) is 8.14. The van der Waals surface area contributed by atoms with E-state index in [2.05, 4.69) is 31.0 Å². The van der Waals surface area contributed by atoms with E-state index in [9.17, 15) is 4.79 Å². The molecule has 21 heavy (non-hydrogen) atoms. The topological polar surface area (TPSA) is 55.1 Å². The van der Waals surface area contributed by atoms with Crippen LogP contribution < -0.4 is 11.1 Å². The van der Waals surface area contributed by atoms with Crippen molar-refractivity contribution in [1.82, 2.24) is 0 Å². The van der Waals surface area contributed by atoms with Crippen LogP contribution in [0, 0.1) is 24.7 Å². The number of rotatable bonds is 6. The Morgan fingerprint density at radius 3 is 2.52 bits per heavy atom. The molecule has 3 N–H and O–H groups in total. The number of nitrogens with one attached hydrogen (secondary N) is 1. The summed E-state index contributed by atoms with van der Waals surface area (Å²) in [4.78, 5) is 12.4. The number of aryl methyl sites for hydroxylation is 1. The molecule has 0 radical (unpaired) electrons. The zero-order valence-electron chi connectivity index (χ0n) is 13.3. The maximum Gasteiger partial charge on any atom is 0.227 e. The summed E-state index contributed by atoms with van der Waals surface area (Å²) >= 11 is 0. The first-order valence-corrected chi connectivity index (χ1v) is 7.72. The summed E-state index contributed by atoms with van der Waals surface area (Å²) in [6.07, 6.45) is 3.89. The predicted molar refractivity (Wildman–Crippen MR) is 89.0 cm³/mol. The maximum absolute atomic E-state index is 12.4. The van der Waals surface area contributed by atoms with Crippen LogP contribution in [0.2, 0.25) is 0 Å². The Hall–Kier alpha value is -1.79. The van der Waals surface area contributed by atoms with Gasteiger partial charge in [0.25, 0.3) is 0 Å². The first kappa shape index (κ1) is 17.3. The van der Waals surface area contributed by atoms with Gasteiger partial charge in [0.1, 0.15) is 0 Å². The van der Waals surface area contributed by atoms with Crippen LogP contribution in [-0.4, -0.2) is 12.5 Å². The molecule has 0 heterocycles. The van der Waals surface area contributed by atoms with Crippen molar-refractivity contribution in [3.05, 3.63) is 29.3 Å². The van der Waals surface area contributed by atoms with E-state index in [0.29, 0.717) is 6.54 Å². The molecule has 0 bridgehead atoms. The minimum atomic E-state index is 0.0795. The average molecular weight is 286 g/mol. The van der Waals surface area contributed by atoms with Gasteiger partial charge in [-0.05, 0) is 37.5 Å². The maximum atomic E-state index is 12.4. The van der Waals surface area contributed by atoms with E-state index in [1.54, 1.807) is 0 Å². The second-order valence-corrected chi connectivity index (χ2v) is 5.32. The van der Waals surface area contributed by atoms with E-state index in [4.69, 9.17) is 5.73 Å². The first-order chi connectivity index (χ1) is 10.1. The van der Waals surface area contributed by atoms with E-state index in [-0.39, 0.29) is 11.8 Å². The zero-order chi connectivity index (χ0) is 15.7. The van der Waals surface area contributed by atoms with Gasteiger partial charge in [0.15, 0.2) is 0 Å². The van der Waals surface area contributed by atoms with Crippen LogP contribution in [0.15, 0.2) is 18.2 Å². The molecule has 0 aliphatic rings. The minimum absolute atomic E-state index is 0.0795. The summed E-state index contributed by atoms with van der Waals surface area (Å²) in [6.45, 7) is 6.54. The number of hydrogen-bond donors (Lipinski definition) is 2. The van der Waals surface area contributed by atoms with Crippen LogP contribution in [0.25, 0.3) is 0 Å². The van der Waals surface area contributed by atoms with Crippen molar-refractivity contribution < 1.29 is 4.79 Å². The van der Waals surface area contributed by atoms with E-state index in [1.807, 2.05) is 25.1 Å². The Balaban J connectivity index is 2.94. The fourth-order valence-electron chi connectivity index (χ4n) is 2.36. The third kappa shape index (κ3) is 5.61. The molecule has 1 aromatic rings. The highest BCUT2D eigenvalue weighted by atomic mass is 16.1. The van der Waals surface area contributed by atoms with Crippen LogP contribution in [0.3, 0.4) is 0 Å². The van der Waals surface area contributed by atoms with Crippen molar-refractivity contribution in [2.24, 2.45) is 11.7 Å². The number of hydrogen-bond acceptors (Lipinski definition) is 2. The Morgan fingerprint density at radius 1 is 1.29 bits per heavy atom. The van der Waals surface area contributed by atoms with Crippen molar-refractivity contribution in [2.75, 3.05) is 11.9 Å². The predicted octanol–water partition coefficient (Wildman–Crippen LogP) is 3.46. The molecule has 3 heteroatoms. The van der Waals surface area contributed by atoms with Crippen LogP contribution in [0.1, 0.15) is 50.7 Å². The number of benzene rings is 1. The molecule has 0 fully saturated rings. The number of carbonyl (C=O) groups is 1. The molecular formula is C18H26N2O. The third-order valence-electron chi connectivity index (χ3n) is 3.40. The standard InChI is InChI=1S/C18H26N2O/c1-4-7-16(8-5-2)18(21)20-17-13-14(3)10-11-15(17)9-6-12-19/h10-11,13,16H,4-5,7-8,12,19H2,1-3H3,(H,20,21). The second-order valence-electron chi connectivity index (χ2n) is 5.32. The lowest BCUT2D eigenvalue weighted by Crippen LogP contribution is -2.23. The third-order valence-corrected chi connectivity index (χ3v) is 3.40. The van der Waals surface area contributed by atoms with Crippen LogP contribution in [0.4, 0.5) is 5.69 Å². The molecule has 1 rings (SSSR count). The highest BCUT2D eigenvalue weighted by molar-refractivity contribution is 5.94. The molecule has 1 aromatic carbocycles. The van der Waals surface area contributed by atoms with Gasteiger partial charge in [0, 0.05) is 11.5 Å². The van der Waals surface area contributed by atoms with Gasteiger partial charge in [-0.1, -0.05) is 44.6 Å². The lowest BCUT2D eigenvalue weighted by Gasteiger charge is -2.16. The number of carbonyl (C=O) groups excluding carboxylic acids is 1. The molecule has 0 saturated heterocycles. The molecule has 0 unspecified atom stereocenters. The van der Waals surface area contributed by atoms with Gasteiger partial charge in [0.2, 0.25) is 5.91 Å². The van der Waals surface area contributed by atoms with Gasteiger partial charge < -0.3 is 11.1 Å². The Morgan fingerprint density at radius 2 is 1.95 bits per heavy atom. The largest absolute Gasteiger partial charge is 0.325 e. The summed E-state index contributed by atoms with van der Waals surface area (Å²) in [5.74, 6) is 6.04. The fourth-order valence-corrected chi connectivity index (χ4v) is 2.36. The molecule has 0 aliphatic carbocycles. The van der Waals surface area contributed by atoms with Crippen LogP contribution in [0.5, 0.6) is 0 Å². The average Bonchev–Trinajstić information content (AvgIpc) is 2.46. The highest BCUT2D eigenvalue weighted by Gasteiger charge is 2.17. The van der Waals surface area contributed by atoms with Gasteiger partial charge in [-0.2, -0.15) is 0 Å². The lowest BCUT2D eigenvalue weighted by atomic mass is 9.97. The Bertz CT molecular complexity index is 520. The molecular weight excluding hydrogens is 260 g/mol. The van der Waals surface area contributed by atoms with E-state index in [0.717, 1.165) is 42.5 Å². The van der Waals surface area contributed by atoms with Gasteiger partial charge >= 0.3 is 0 Å². The first-order valence-electron chi connectivity index (χ1n) is 7.72. The molecule has 1 amide bonds. The molecule has 0 atom stereocenters. The summed E-state index contributed by atoms with van der Waals surface area (Å²) in [7, 11) is 0. The minimum Gasteiger partial charge on any atom is -0.325 e. The quantitative estimate of drug-likeness (QED) is 0.787. The van der Waals surface area contributed by atoms with Gasteiger partial charge in [-0.25, -0.2) is 0 Å². The van der Waals surface area contributed by atoms with Crippen LogP contribution >= 0.6 is 0 Å². The van der Waals surface area contributed by atoms with Crippen molar-refractivity contribution in [3.8, 4) is 11.8 Å². The fraction of sp³-hybridized carbons (Fsp3) is 0.500. The van der Waals surface area contributed by atoms with E-state index >= 15 is 0 Å². The lowest BCUT2D eigenvalue weighted by molar-refractivity contribution is -0.120. The molecule has 0 aliphatic heterocycles. The summed E-state index contributed by atoms with van der Waals surface area (Å²) < 4.78 is 0. The van der Waals surface area contributed by atoms with Gasteiger partial charge in [-0.15, -0.1) is 0 Å². The number of amides is 1. The molecule has 0 spiro atoms. The molecule has 0 aromatic heterocycles. The highest BCUT2D eigenvalue weighted by Crippen LogP contribution is 2.20. The van der Waals surface area contributed by atoms with E-state index < -0.39 is 0 Å². The molecule has 0 saturated carbocycles. The van der Waals surface area contributed by atoms with E-state index in [1.165, 1.54) is 0 Å². The Labute approximate surface area is 128 Å². The van der Waals surface area contributed by atoms with Gasteiger partial charge in [-0.3, -0.25) is 4.79 Å². The number of anilines is 1. The van der Waals surface area contributed by atoms with Crippen LogP contribution in [-0.2, 0) is 4.79 Å². The Kier molecular flexibility index (Phi) is 7.56. The monoisotopic (exact) mass is 286 g/mol. The smallest absolute Gasteiger partial charge is 0.227 e. The molecule has 3 nitrogen and oxygen atoms in total.